The monoisotopic (exact) mass is 253 g/mol. The van der Waals surface area contributed by atoms with Crippen molar-refractivity contribution in [1.82, 2.24) is 0 Å². The third-order valence-corrected chi connectivity index (χ3v) is 3.81. The van der Waals surface area contributed by atoms with Gasteiger partial charge in [-0.25, -0.2) is 8.78 Å². The van der Waals surface area contributed by atoms with Gasteiger partial charge in [0.05, 0.1) is 0 Å². The van der Waals surface area contributed by atoms with Gasteiger partial charge < -0.3 is 5.11 Å². The summed E-state index contributed by atoms with van der Waals surface area (Å²) in [5.74, 6) is -0.663. The normalized spacial score (nSPS) is 17.1. The Morgan fingerprint density at radius 2 is 1.67 bits per heavy atom. The zero-order valence-electron chi connectivity index (χ0n) is 10.6. The minimum absolute atomic E-state index is 0.0745. The Balaban J connectivity index is 2.18. The fourth-order valence-electron chi connectivity index (χ4n) is 2.78. The highest BCUT2D eigenvalue weighted by atomic mass is 19.1. The van der Waals surface area contributed by atoms with Crippen LogP contribution in [0.5, 0.6) is 0 Å². The summed E-state index contributed by atoms with van der Waals surface area (Å²) in [5.41, 5.74) is 0.862. The minimum atomic E-state index is -0.482. The average Bonchev–Trinajstić information content (AvgIpc) is 2.39. The molecule has 1 aromatic carbocycles. The van der Waals surface area contributed by atoms with E-state index < -0.39 is 11.6 Å². The third-order valence-electron chi connectivity index (χ3n) is 3.81. The van der Waals surface area contributed by atoms with E-state index in [9.17, 15) is 13.9 Å². The quantitative estimate of drug-likeness (QED) is 0.807. The van der Waals surface area contributed by atoms with Gasteiger partial charge in [-0.05, 0) is 42.9 Å². The van der Waals surface area contributed by atoms with Crippen molar-refractivity contribution >= 4 is 0 Å². The van der Waals surface area contributed by atoms with Crippen molar-refractivity contribution in [2.75, 3.05) is 6.61 Å². The first-order chi connectivity index (χ1) is 8.72. The second kappa shape index (κ2) is 6.28. The predicted octanol–water partition coefficient (Wildman–Crippen LogP) is 3.31. The number of halogens is 2. The lowest BCUT2D eigenvalue weighted by Gasteiger charge is -2.22. The van der Waals surface area contributed by atoms with Crippen molar-refractivity contribution in [2.24, 2.45) is 0 Å². The van der Waals surface area contributed by atoms with Crippen molar-refractivity contribution in [1.29, 1.82) is 0 Å². The van der Waals surface area contributed by atoms with Crippen molar-refractivity contribution < 1.29 is 13.9 Å². The SMILES string of the molecule is [O-]CCCc1c(F)cc(C2CCCCC2)cc1F. The first-order valence-corrected chi connectivity index (χ1v) is 6.78. The van der Waals surface area contributed by atoms with Gasteiger partial charge in [0.25, 0.3) is 0 Å². The van der Waals surface area contributed by atoms with E-state index >= 15 is 0 Å². The summed E-state index contributed by atoms with van der Waals surface area (Å²) < 4.78 is 27.7. The summed E-state index contributed by atoms with van der Waals surface area (Å²) in [7, 11) is 0. The maximum absolute atomic E-state index is 13.8. The maximum Gasteiger partial charge on any atom is 0.129 e. The fourth-order valence-corrected chi connectivity index (χ4v) is 2.78. The van der Waals surface area contributed by atoms with E-state index in [0.29, 0.717) is 5.92 Å². The van der Waals surface area contributed by atoms with Gasteiger partial charge >= 0.3 is 0 Å². The summed E-state index contributed by atoms with van der Waals surface area (Å²) in [5, 5.41) is 10.4. The van der Waals surface area contributed by atoms with Crippen molar-refractivity contribution in [3.8, 4) is 0 Å². The van der Waals surface area contributed by atoms with Crippen LogP contribution in [0.1, 0.15) is 55.6 Å². The Bertz CT molecular complexity index is 374. The topological polar surface area (TPSA) is 23.1 Å². The van der Waals surface area contributed by atoms with Crippen LogP contribution in [0.2, 0.25) is 0 Å². The summed E-state index contributed by atoms with van der Waals surface area (Å²) in [4.78, 5) is 0. The molecular formula is C15H19F2O-. The van der Waals surface area contributed by atoms with Gasteiger partial charge in [0.2, 0.25) is 0 Å². The lowest BCUT2D eigenvalue weighted by Crippen LogP contribution is -2.10. The zero-order chi connectivity index (χ0) is 13.0. The molecule has 0 spiro atoms. The molecule has 2 rings (SSSR count). The summed E-state index contributed by atoms with van der Waals surface area (Å²) in [6, 6.07) is 2.94. The lowest BCUT2D eigenvalue weighted by atomic mass is 9.83. The van der Waals surface area contributed by atoms with Gasteiger partial charge in [0, 0.05) is 5.56 Å². The van der Waals surface area contributed by atoms with Gasteiger partial charge in [-0.1, -0.05) is 25.7 Å². The second-order valence-corrected chi connectivity index (χ2v) is 5.11. The van der Waals surface area contributed by atoms with E-state index in [2.05, 4.69) is 0 Å². The second-order valence-electron chi connectivity index (χ2n) is 5.11. The first kappa shape index (κ1) is 13.5. The van der Waals surface area contributed by atoms with Gasteiger partial charge in [0.1, 0.15) is 11.6 Å². The predicted molar refractivity (Wildman–Crippen MR) is 65.4 cm³/mol. The fraction of sp³-hybridized carbons (Fsp3) is 0.600. The van der Waals surface area contributed by atoms with Crippen LogP contribution in [-0.4, -0.2) is 6.61 Å². The van der Waals surface area contributed by atoms with Crippen LogP contribution in [0, 0.1) is 11.6 Å². The molecule has 1 aromatic rings. The van der Waals surface area contributed by atoms with E-state index in [0.717, 1.165) is 31.2 Å². The summed E-state index contributed by atoms with van der Waals surface area (Å²) in [6.07, 6.45) is 6.06. The molecule has 0 unspecified atom stereocenters. The highest BCUT2D eigenvalue weighted by Gasteiger charge is 2.19. The molecule has 100 valence electrons. The molecule has 0 aliphatic heterocycles. The smallest absolute Gasteiger partial charge is 0.129 e. The van der Waals surface area contributed by atoms with Gasteiger partial charge in [-0.2, -0.15) is 0 Å². The van der Waals surface area contributed by atoms with E-state index in [1.807, 2.05) is 0 Å². The Morgan fingerprint density at radius 1 is 1.06 bits per heavy atom. The van der Waals surface area contributed by atoms with Crippen LogP contribution in [0.3, 0.4) is 0 Å². The molecule has 0 aromatic heterocycles. The molecule has 0 radical (unpaired) electrons. The first-order valence-electron chi connectivity index (χ1n) is 6.78. The van der Waals surface area contributed by atoms with Gasteiger partial charge in [0.15, 0.2) is 0 Å². The molecule has 1 aliphatic carbocycles. The minimum Gasteiger partial charge on any atom is -0.854 e. The third kappa shape index (κ3) is 3.08. The molecule has 0 bridgehead atoms. The zero-order valence-corrected chi connectivity index (χ0v) is 10.6. The van der Waals surface area contributed by atoms with E-state index in [4.69, 9.17) is 0 Å². The van der Waals surface area contributed by atoms with E-state index in [-0.39, 0.29) is 25.0 Å². The van der Waals surface area contributed by atoms with E-state index in [1.165, 1.54) is 18.6 Å². The Kier molecular flexibility index (Phi) is 4.70. The van der Waals surface area contributed by atoms with Gasteiger partial charge in [-0.15, -0.1) is 6.61 Å². The van der Waals surface area contributed by atoms with Crippen LogP contribution in [0.4, 0.5) is 8.78 Å². The number of benzene rings is 1. The largest absolute Gasteiger partial charge is 0.854 e. The molecule has 1 fully saturated rings. The molecule has 0 saturated heterocycles. The van der Waals surface area contributed by atoms with Crippen molar-refractivity contribution in [3.05, 3.63) is 34.9 Å². The Hall–Kier alpha value is -0.960. The molecule has 18 heavy (non-hydrogen) atoms. The van der Waals surface area contributed by atoms with Crippen LogP contribution in [-0.2, 0) is 6.42 Å². The standard InChI is InChI=1S/C15H19F2O/c16-14-9-12(11-5-2-1-3-6-11)10-15(17)13(14)7-4-8-18/h9-11H,1-8H2/q-1. The molecule has 3 heteroatoms. The highest BCUT2D eigenvalue weighted by molar-refractivity contribution is 5.29. The molecule has 0 heterocycles. The summed E-state index contributed by atoms with van der Waals surface area (Å²) >= 11 is 0. The Labute approximate surface area is 107 Å². The molecule has 0 N–H and O–H groups in total. The molecule has 1 saturated carbocycles. The van der Waals surface area contributed by atoms with Crippen LogP contribution >= 0.6 is 0 Å². The molecule has 0 atom stereocenters. The number of rotatable bonds is 4. The number of hydrogen-bond acceptors (Lipinski definition) is 1. The van der Waals surface area contributed by atoms with Crippen molar-refractivity contribution in [3.63, 3.8) is 0 Å². The molecule has 1 nitrogen and oxygen atoms in total. The molecule has 0 amide bonds. The van der Waals surface area contributed by atoms with Gasteiger partial charge in [-0.3, -0.25) is 0 Å². The van der Waals surface area contributed by atoms with Crippen molar-refractivity contribution in [2.45, 2.75) is 50.9 Å². The Morgan fingerprint density at radius 3 is 2.22 bits per heavy atom. The molecular weight excluding hydrogens is 234 g/mol. The maximum atomic E-state index is 13.8. The lowest BCUT2D eigenvalue weighted by molar-refractivity contribution is -0.368. The average molecular weight is 253 g/mol. The highest BCUT2D eigenvalue weighted by Crippen LogP contribution is 2.34. The summed E-state index contributed by atoms with van der Waals surface area (Å²) in [6.45, 7) is -0.288. The van der Waals surface area contributed by atoms with Crippen LogP contribution in [0.15, 0.2) is 12.1 Å². The number of hydrogen-bond donors (Lipinski definition) is 0. The van der Waals surface area contributed by atoms with E-state index in [1.54, 1.807) is 0 Å². The van der Waals surface area contributed by atoms with Crippen LogP contribution < -0.4 is 5.11 Å². The molecule has 1 aliphatic rings. The van der Waals surface area contributed by atoms with Crippen LogP contribution in [0.25, 0.3) is 0 Å².